The van der Waals surface area contributed by atoms with Crippen LogP contribution in [0.5, 0.6) is 11.8 Å². The van der Waals surface area contributed by atoms with Gasteiger partial charge in [-0.2, -0.15) is 18.2 Å². The number of aromatic nitrogens is 2. The number of hydrogen-bond donors (Lipinski definition) is 0. The van der Waals surface area contributed by atoms with Crippen LogP contribution in [0.3, 0.4) is 0 Å². The predicted molar refractivity (Wildman–Crippen MR) is 61.3 cm³/mol. The molecule has 0 saturated carbocycles. The second-order valence-electron chi connectivity index (χ2n) is 3.25. The minimum Gasteiger partial charge on any atom is -0.423 e. The largest absolute Gasteiger partial charge is 0.433 e. The Labute approximate surface area is 109 Å². The van der Waals surface area contributed by atoms with Crippen molar-refractivity contribution in [3.8, 4) is 11.8 Å². The van der Waals surface area contributed by atoms with E-state index in [2.05, 4.69) is 25.9 Å². The van der Waals surface area contributed by atoms with Gasteiger partial charge in [0.2, 0.25) is 0 Å². The number of nitrogens with zero attached hydrogens (tertiary/aromatic N) is 2. The molecule has 1 heterocycles. The maximum Gasteiger partial charge on any atom is 0.433 e. The summed E-state index contributed by atoms with van der Waals surface area (Å²) < 4.78 is 43.1. The molecule has 0 amide bonds. The van der Waals surface area contributed by atoms with E-state index in [0.29, 0.717) is 10.2 Å². The fourth-order valence-electron chi connectivity index (χ4n) is 1.17. The Morgan fingerprint density at radius 2 is 1.83 bits per heavy atom. The molecule has 1 aromatic heterocycles. The Morgan fingerprint density at radius 1 is 1.11 bits per heavy atom. The summed E-state index contributed by atoms with van der Waals surface area (Å²) in [7, 11) is 0. The van der Waals surface area contributed by atoms with Gasteiger partial charge in [-0.1, -0.05) is 12.1 Å². The van der Waals surface area contributed by atoms with Gasteiger partial charge in [0.25, 0.3) is 0 Å². The van der Waals surface area contributed by atoms with Crippen molar-refractivity contribution in [1.29, 1.82) is 0 Å². The third kappa shape index (κ3) is 2.98. The van der Waals surface area contributed by atoms with Gasteiger partial charge in [0.15, 0.2) is 5.69 Å². The van der Waals surface area contributed by atoms with Gasteiger partial charge in [0.05, 0.1) is 4.47 Å². The Balaban J connectivity index is 2.28. The molecule has 1 aromatic carbocycles. The van der Waals surface area contributed by atoms with Gasteiger partial charge < -0.3 is 4.74 Å². The predicted octanol–water partition coefficient (Wildman–Crippen LogP) is 4.05. The zero-order valence-electron chi connectivity index (χ0n) is 8.78. The lowest BCUT2D eigenvalue weighted by Crippen LogP contribution is -2.08. The van der Waals surface area contributed by atoms with Gasteiger partial charge in [0.1, 0.15) is 5.75 Å². The summed E-state index contributed by atoms with van der Waals surface area (Å²) in [5.74, 6) is 0.344. The number of para-hydroxylation sites is 1. The van der Waals surface area contributed by atoms with E-state index in [-0.39, 0.29) is 6.01 Å². The molecule has 0 saturated heterocycles. The van der Waals surface area contributed by atoms with Crippen LogP contribution in [-0.4, -0.2) is 9.97 Å². The molecule has 18 heavy (non-hydrogen) atoms. The normalized spacial score (nSPS) is 11.3. The van der Waals surface area contributed by atoms with E-state index in [1.165, 1.54) is 0 Å². The lowest BCUT2D eigenvalue weighted by molar-refractivity contribution is -0.141. The minimum absolute atomic E-state index is 0.344. The van der Waals surface area contributed by atoms with Crippen molar-refractivity contribution in [3.05, 3.63) is 46.7 Å². The molecule has 0 bridgehead atoms. The summed E-state index contributed by atoms with van der Waals surface area (Å²) in [6, 6.07) is 7.16. The molecule has 3 nitrogen and oxygen atoms in total. The molecule has 0 aliphatic carbocycles. The molecule has 0 spiro atoms. The van der Waals surface area contributed by atoms with Gasteiger partial charge in [-0.3, -0.25) is 0 Å². The van der Waals surface area contributed by atoms with E-state index in [1.807, 2.05) is 0 Å². The summed E-state index contributed by atoms with van der Waals surface area (Å²) in [4.78, 5) is 6.94. The van der Waals surface area contributed by atoms with E-state index in [4.69, 9.17) is 4.74 Å². The molecule has 7 heteroatoms. The molecule has 2 rings (SSSR count). The number of hydrogen-bond acceptors (Lipinski definition) is 3. The average molecular weight is 319 g/mol. The molecule has 0 aliphatic heterocycles. The minimum atomic E-state index is -4.52. The highest BCUT2D eigenvalue weighted by Crippen LogP contribution is 2.30. The topological polar surface area (TPSA) is 35.0 Å². The summed E-state index contributed by atoms with van der Waals surface area (Å²) in [6.45, 7) is 0. The molecule has 94 valence electrons. The third-order valence-electron chi connectivity index (χ3n) is 1.96. The Kier molecular flexibility index (Phi) is 3.51. The van der Waals surface area contributed by atoms with Crippen LogP contribution in [0.2, 0.25) is 0 Å². The lowest BCUT2D eigenvalue weighted by atomic mass is 10.3. The number of rotatable bonds is 2. The molecule has 2 aromatic rings. The number of ether oxygens (including phenoxy) is 1. The third-order valence-corrected chi connectivity index (χ3v) is 2.62. The van der Waals surface area contributed by atoms with Crippen LogP contribution in [0.25, 0.3) is 0 Å². The summed E-state index contributed by atoms with van der Waals surface area (Å²) >= 11 is 3.21. The van der Waals surface area contributed by atoms with Crippen LogP contribution in [0.15, 0.2) is 41.0 Å². The maximum atomic E-state index is 12.4. The summed E-state index contributed by atoms with van der Waals surface area (Å²) in [6.07, 6.45) is -3.52. The van der Waals surface area contributed by atoms with Crippen molar-refractivity contribution in [1.82, 2.24) is 9.97 Å². The number of benzene rings is 1. The fraction of sp³-hybridized carbons (Fsp3) is 0.0909. The highest BCUT2D eigenvalue weighted by Gasteiger charge is 2.33. The molecule has 0 atom stereocenters. The Hall–Kier alpha value is -1.63. The Bertz CT molecular complexity index is 560. The van der Waals surface area contributed by atoms with E-state index in [0.717, 1.165) is 12.3 Å². The van der Waals surface area contributed by atoms with Crippen LogP contribution >= 0.6 is 15.9 Å². The van der Waals surface area contributed by atoms with Crippen LogP contribution in [0.1, 0.15) is 5.69 Å². The van der Waals surface area contributed by atoms with Crippen molar-refractivity contribution in [2.24, 2.45) is 0 Å². The standard InChI is InChI=1S/C11H6BrF3N2O/c12-7-3-1-2-4-8(7)18-10-16-6-5-9(17-10)11(13,14)15/h1-6H. The highest BCUT2D eigenvalue weighted by atomic mass is 79.9. The van der Waals surface area contributed by atoms with Crippen molar-refractivity contribution in [3.63, 3.8) is 0 Å². The molecule has 0 aliphatic rings. The monoisotopic (exact) mass is 318 g/mol. The van der Waals surface area contributed by atoms with E-state index in [9.17, 15) is 13.2 Å². The number of halogens is 4. The molecule has 0 radical (unpaired) electrons. The van der Waals surface area contributed by atoms with Crippen LogP contribution in [0.4, 0.5) is 13.2 Å². The Morgan fingerprint density at radius 3 is 2.50 bits per heavy atom. The zero-order chi connectivity index (χ0) is 13.2. The van der Waals surface area contributed by atoms with Crippen LogP contribution in [0, 0.1) is 0 Å². The molecule has 0 N–H and O–H groups in total. The van der Waals surface area contributed by atoms with Crippen molar-refractivity contribution >= 4 is 15.9 Å². The first-order chi connectivity index (χ1) is 8.47. The fourth-order valence-corrected chi connectivity index (χ4v) is 1.54. The van der Waals surface area contributed by atoms with E-state index < -0.39 is 11.9 Å². The number of alkyl halides is 3. The van der Waals surface area contributed by atoms with E-state index >= 15 is 0 Å². The van der Waals surface area contributed by atoms with Crippen molar-refractivity contribution in [2.45, 2.75) is 6.18 Å². The quantitative estimate of drug-likeness (QED) is 0.837. The van der Waals surface area contributed by atoms with Gasteiger partial charge in [-0.05, 0) is 34.1 Å². The van der Waals surface area contributed by atoms with Crippen molar-refractivity contribution in [2.75, 3.05) is 0 Å². The van der Waals surface area contributed by atoms with Crippen LogP contribution in [-0.2, 0) is 6.18 Å². The van der Waals surface area contributed by atoms with Gasteiger partial charge in [-0.25, -0.2) is 4.98 Å². The first-order valence-electron chi connectivity index (χ1n) is 4.79. The molecule has 0 fully saturated rings. The first-order valence-corrected chi connectivity index (χ1v) is 5.59. The average Bonchev–Trinajstić information content (AvgIpc) is 2.31. The zero-order valence-corrected chi connectivity index (χ0v) is 10.4. The van der Waals surface area contributed by atoms with Crippen LogP contribution < -0.4 is 4.74 Å². The molecule has 0 unspecified atom stereocenters. The lowest BCUT2D eigenvalue weighted by Gasteiger charge is -2.08. The first kappa shape index (κ1) is 12.8. The summed E-state index contributed by atoms with van der Waals surface area (Å²) in [5, 5.41) is 0. The molecular formula is C11H6BrF3N2O. The van der Waals surface area contributed by atoms with E-state index in [1.54, 1.807) is 24.3 Å². The smallest absolute Gasteiger partial charge is 0.423 e. The van der Waals surface area contributed by atoms with Gasteiger partial charge >= 0.3 is 12.2 Å². The van der Waals surface area contributed by atoms with Crippen molar-refractivity contribution < 1.29 is 17.9 Å². The highest BCUT2D eigenvalue weighted by molar-refractivity contribution is 9.10. The van der Waals surface area contributed by atoms with Gasteiger partial charge in [0, 0.05) is 6.20 Å². The SMILES string of the molecule is FC(F)(F)c1ccnc(Oc2ccccc2Br)n1. The second kappa shape index (κ2) is 4.93. The summed E-state index contributed by atoms with van der Waals surface area (Å²) in [5.41, 5.74) is -1.04. The van der Waals surface area contributed by atoms with Gasteiger partial charge in [-0.15, -0.1) is 0 Å². The maximum absolute atomic E-state index is 12.4. The second-order valence-corrected chi connectivity index (χ2v) is 4.11. The molecular weight excluding hydrogens is 313 g/mol.